The lowest BCUT2D eigenvalue weighted by Gasteiger charge is -2.57. The van der Waals surface area contributed by atoms with E-state index in [0.717, 1.165) is 12.0 Å². The molecule has 27 heavy (non-hydrogen) atoms. The third-order valence-electron chi connectivity index (χ3n) is 6.47. The molecule has 3 aliphatic heterocycles. The van der Waals surface area contributed by atoms with E-state index in [1.165, 1.54) is 5.56 Å². The van der Waals surface area contributed by atoms with Gasteiger partial charge in [0.25, 0.3) is 0 Å². The maximum Gasteiger partial charge on any atom is 0.410 e. The second kappa shape index (κ2) is 5.25. The molecule has 2 atom stereocenters. The number of fused-ring (bicyclic) bond motifs is 2. The monoisotopic (exact) mass is 370 g/mol. The molecule has 0 bridgehead atoms. The first-order valence-corrected chi connectivity index (χ1v) is 9.78. The van der Waals surface area contributed by atoms with E-state index in [1.54, 1.807) is 4.90 Å². The van der Waals surface area contributed by atoms with Gasteiger partial charge in [0.15, 0.2) is 5.72 Å². The minimum Gasteiger partial charge on any atom is -0.444 e. The molecule has 2 amide bonds. The SMILES string of the molecule is CC(C)(C)OC(=O)N1CC2(C[C@@H]3CC(=O)N4CCO[C@@]34c3ccccc32)C1. The molecule has 144 valence electrons. The fraction of sp³-hybridized carbons (Fsp3) is 0.619. The van der Waals surface area contributed by atoms with E-state index in [0.29, 0.717) is 32.7 Å². The van der Waals surface area contributed by atoms with Gasteiger partial charge in [0.2, 0.25) is 5.91 Å². The smallest absolute Gasteiger partial charge is 0.410 e. The summed E-state index contributed by atoms with van der Waals surface area (Å²) in [5.74, 6) is 0.330. The molecule has 2 spiro atoms. The summed E-state index contributed by atoms with van der Waals surface area (Å²) < 4.78 is 11.8. The van der Waals surface area contributed by atoms with Crippen LogP contribution in [0.15, 0.2) is 24.3 Å². The summed E-state index contributed by atoms with van der Waals surface area (Å²) in [5.41, 5.74) is 1.15. The highest BCUT2D eigenvalue weighted by atomic mass is 16.6. The Morgan fingerprint density at radius 2 is 1.93 bits per heavy atom. The summed E-state index contributed by atoms with van der Waals surface area (Å²) in [4.78, 5) is 28.8. The largest absolute Gasteiger partial charge is 0.444 e. The summed E-state index contributed by atoms with van der Waals surface area (Å²) in [5, 5.41) is 0. The van der Waals surface area contributed by atoms with Gasteiger partial charge >= 0.3 is 6.09 Å². The number of hydrogen-bond donors (Lipinski definition) is 0. The first-order chi connectivity index (χ1) is 12.8. The van der Waals surface area contributed by atoms with E-state index in [9.17, 15) is 9.59 Å². The number of carbonyl (C=O) groups excluding carboxylic acids is 2. The van der Waals surface area contributed by atoms with Crippen LogP contribution in [0, 0.1) is 5.92 Å². The van der Waals surface area contributed by atoms with Gasteiger partial charge in [-0.3, -0.25) is 4.79 Å². The third kappa shape index (κ3) is 2.22. The Hall–Kier alpha value is -2.08. The molecular formula is C21H26N2O4. The summed E-state index contributed by atoms with van der Waals surface area (Å²) in [6.45, 7) is 8.19. The van der Waals surface area contributed by atoms with E-state index in [2.05, 4.69) is 12.1 Å². The molecule has 3 heterocycles. The lowest BCUT2D eigenvalue weighted by Crippen LogP contribution is -2.66. The average molecular weight is 370 g/mol. The van der Waals surface area contributed by atoms with Gasteiger partial charge in [-0.05, 0) is 32.8 Å². The number of ether oxygens (including phenoxy) is 2. The van der Waals surface area contributed by atoms with E-state index in [-0.39, 0.29) is 23.3 Å². The number of nitrogens with zero attached hydrogens (tertiary/aromatic N) is 2. The van der Waals surface area contributed by atoms with Crippen molar-refractivity contribution in [2.75, 3.05) is 26.2 Å². The summed E-state index contributed by atoms with van der Waals surface area (Å²) in [7, 11) is 0. The molecule has 5 rings (SSSR count). The third-order valence-corrected chi connectivity index (χ3v) is 6.47. The van der Waals surface area contributed by atoms with E-state index in [1.807, 2.05) is 37.8 Å². The van der Waals surface area contributed by atoms with Crippen LogP contribution in [0.5, 0.6) is 0 Å². The molecule has 0 saturated carbocycles. The lowest BCUT2D eigenvalue weighted by molar-refractivity contribution is -0.147. The Labute approximate surface area is 159 Å². The Kier molecular flexibility index (Phi) is 3.32. The highest BCUT2D eigenvalue weighted by Crippen LogP contribution is 2.59. The highest BCUT2D eigenvalue weighted by molar-refractivity contribution is 5.81. The minimum atomic E-state index is -0.592. The van der Waals surface area contributed by atoms with Crippen molar-refractivity contribution in [3.05, 3.63) is 35.4 Å². The van der Waals surface area contributed by atoms with Crippen molar-refractivity contribution in [2.45, 2.75) is 50.4 Å². The highest BCUT2D eigenvalue weighted by Gasteiger charge is 2.66. The maximum atomic E-state index is 12.6. The molecule has 4 aliphatic rings. The predicted octanol–water partition coefficient (Wildman–Crippen LogP) is 2.61. The van der Waals surface area contributed by atoms with Gasteiger partial charge in [-0.15, -0.1) is 0 Å². The molecule has 6 nitrogen and oxygen atoms in total. The average Bonchev–Trinajstić information content (AvgIpc) is 3.09. The first kappa shape index (κ1) is 17.0. The number of carbonyl (C=O) groups is 2. The zero-order chi connectivity index (χ0) is 19.0. The number of hydrogen-bond acceptors (Lipinski definition) is 4. The first-order valence-electron chi connectivity index (χ1n) is 9.78. The number of likely N-dealkylation sites (tertiary alicyclic amines) is 1. The van der Waals surface area contributed by atoms with Crippen molar-refractivity contribution in [1.29, 1.82) is 0 Å². The van der Waals surface area contributed by atoms with Crippen LogP contribution in [0.2, 0.25) is 0 Å². The Morgan fingerprint density at radius 3 is 2.63 bits per heavy atom. The summed E-state index contributed by atoms with van der Waals surface area (Å²) in [6, 6.07) is 8.33. The van der Waals surface area contributed by atoms with Crippen molar-refractivity contribution in [2.24, 2.45) is 5.92 Å². The quantitative estimate of drug-likeness (QED) is 0.704. The van der Waals surface area contributed by atoms with Gasteiger partial charge < -0.3 is 19.3 Å². The molecule has 1 aliphatic carbocycles. The molecular weight excluding hydrogens is 344 g/mol. The predicted molar refractivity (Wildman–Crippen MR) is 98.0 cm³/mol. The fourth-order valence-electron chi connectivity index (χ4n) is 5.58. The van der Waals surface area contributed by atoms with Crippen LogP contribution in [0.25, 0.3) is 0 Å². The van der Waals surface area contributed by atoms with Gasteiger partial charge in [-0.25, -0.2) is 4.79 Å². The van der Waals surface area contributed by atoms with Crippen molar-refractivity contribution in [3.8, 4) is 0 Å². The van der Waals surface area contributed by atoms with Gasteiger partial charge in [-0.1, -0.05) is 24.3 Å². The van der Waals surface area contributed by atoms with Crippen LogP contribution < -0.4 is 0 Å². The van der Waals surface area contributed by atoms with E-state index in [4.69, 9.17) is 9.47 Å². The minimum absolute atomic E-state index is 0.106. The van der Waals surface area contributed by atoms with Crippen LogP contribution in [-0.2, 0) is 25.4 Å². The zero-order valence-corrected chi connectivity index (χ0v) is 16.2. The second-order valence-electron chi connectivity index (χ2n) is 9.36. The fourth-order valence-corrected chi connectivity index (χ4v) is 5.58. The maximum absolute atomic E-state index is 12.6. The molecule has 0 N–H and O–H groups in total. The second-order valence-corrected chi connectivity index (χ2v) is 9.36. The van der Waals surface area contributed by atoms with Gasteiger partial charge in [0, 0.05) is 43.0 Å². The molecule has 0 aromatic heterocycles. The van der Waals surface area contributed by atoms with E-state index < -0.39 is 11.3 Å². The summed E-state index contributed by atoms with van der Waals surface area (Å²) >= 11 is 0. The van der Waals surface area contributed by atoms with Gasteiger partial charge in [0.05, 0.1) is 6.61 Å². The van der Waals surface area contributed by atoms with Gasteiger partial charge in [-0.2, -0.15) is 0 Å². The van der Waals surface area contributed by atoms with Crippen LogP contribution in [-0.4, -0.2) is 53.6 Å². The molecule has 3 saturated heterocycles. The standard InChI is InChI=1S/C21H26N2O4/c1-19(2,3)27-18(25)22-12-20(13-22)11-14-10-17(24)23-8-9-26-21(14,23)16-7-5-4-6-15(16)20/h4-7,14H,8-13H2,1-3H3/t14-,21+/m0/s1. The van der Waals surface area contributed by atoms with Crippen molar-refractivity contribution in [1.82, 2.24) is 9.80 Å². The Bertz CT molecular complexity index is 824. The normalized spacial score (nSPS) is 30.6. The molecule has 1 aromatic rings. The van der Waals surface area contributed by atoms with Crippen LogP contribution in [0.4, 0.5) is 4.79 Å². The van der Waals surface area contributed by atoms with Crippen LogP contribution in [0.3, 0.4) is 0 Å². The molecule has 1 aromatic carbocycles. The Balaban J connectivity index is 1.49. The number of amides is 2. The molecule has 0 radical (unpaired) electrons. The number of benzene rings is 1. The van der Waals surface area contributed by atoms with Crippen molar-refractivity contribution in [3.63, 3.8) is 0 Å². The van der Waals surface area contributed by atoms with Gasteiger partial charge in [0.1, 0.15) is 5.60 Å². The molecule has 6 heteroatoms. The topological polar surface area (TPSA) is 59.1 Å². The zero-order valence-electron chi connectivity index (χ0n) is 16.2. The molecule has 3 fully saturated rings. The summed E-state index contributed by atoms with van der Waals surface area (Å²) in [6.07, 6.45) is 1.14. The number of rotatable bonds is 0. The molecule has 0 unspecified atom stereocenters. The van der Waals surface area contributed by atoms with Crippen molar-refractivity contribution >= 4 is 12.0 Å². The lowest BCUT2D eigenvalue weighted by atomic mass is 9.59. The van der Waals surface area contributed by atoms with Crippen LogP contribution in [0.1, 0.15) is 44.7 Å². The Morgan fingerprint density at radius 1 is 1.22 bits per heavy atom. The van der Waals surface area contributed by atoms with Crippen molar-refractivity contribution < 1.29 is 19.1 Å². The van der Waals surface area contributed by atoms with E-state index >= 15 is 0 Å². The van der Waals surface area contributed by atoms with Crippen LogP contribution >= 0.6 is 0 Å².